The second kappa shape index (κ2) is 37.9. The summed E-state index contributed by atoms with van der Waals surface area (Å²) in [6.45, 7) is 9.37. The Morgan fingerprint density at radius 1 is 0.580 bits per heavy atom. The van der Waals surface area contributed by atoms with Gasteiger partial charge in [-0.3, -0.25) is 9.59 Å². The number of esters is 1. The number of hydrogen-bond donors (Lipinski definition) is 1. The van der Waals surface area contributed by atoms with Gasteiger partial charge in [0.15, 0.2) is 0 Å². The van der Waals surface area contributed by atoms with Crippen LogP contribution in [0.25, 0.3) is 0 Å². The molecule has 0 fully saturated rings. The van der Waals surface area contributed by atoms with E-state index in [0.29, 0.717) is 13.2 Å². The van der Waals surface area contributed by atoms with E-state index in [1.54, 1.807) is 0 Å². The Morgan fingerprint density at radius 2 is 1.06 bits per heavy atom. The van der Waals surface area contributed by atoms with Crippen molar-refractivity contribution in [1.29, 1.82) is 0 Å². The molecular weight excluding hydrogens is 626 g/mol. The highest BCUT2D eigenvalue weighted by Gasteiger charge is 2.18. The zero-order chi connectivity index (χ0) is 36.8. The second-order valence-electron chi connectivity index (χ2n) is 14.3. The molecular formula is C43H79NO6. The quantitative estimate of drug-likeness (QED) is 0.0302. The molecule has 0 saturated carbocycles. The Bertz CT molecular complexity index is 825. The van der Waals surface area contributed by atoms with Gasteiger partial charge in [-0.05, 0) is 64.2 Å². The van der Waals surface area contributed by atoms with Gasteiger partial charge in [-0.15, -0.1) is 0 Å². The summed E-state index contributed by atoms with van der Waals surface area (Å²) >= 11 is 0. The summed E-state index contributed by atoms with van der Waals surface area (Å²) in [7, 11) is 0. The minimum atomic E-state index is -0.670. The van der Waals surface area contributed by atoms with E-state index in [1.807, 2.05) is 6.92 Å². The zero-order valence-corrected chi connectivity index (χ0v) is 33.1. The van der Waals surface area contributed by atoms with Crippen LogP contribution in [0.3, 0.4) is 0 Å². The van der Waals surface area contributed by atoms with Gasteiger partial charge in [-0.25, -0.2) is 4.79 Å². The Balaban J connectivity index is 3.98. The van der Waals surface area contributed by atoms with Gasteiger partial charge in [-0.2, -0.15) is 0 Å². The molecule has 0 aromatic carbocycles. The molecule has 7 heteroatoms. The van der Waals surface area contributed by atoms with Crippen LogP contribution in [-0.2, 0) is 23.8 Å². The van der Waals surface area contributed by atoms with E-state index in [4.69, 9.17) is 14.2 Å². The lowest BCUT2D eigenvalue weighted by Gasteiger charge is -2.18. The fraction of sp³-hybridized carbons (Fsp3) is 0.837. The largest absolute Gasteiger partial charge is 0.508 e. The number of hydrogen-bond acceptors (Lipinski definition) is 6. The maximum absolute atomic E-state index is 12.6. The lowest BCUT2D eigenvalue weighted by atomic mass is 10.0. The minimum absolute atomic E-state index is 0.0995. The van der Waals surface area contributed by atoms with Gasteiger partial charge in [0.05, 0.1) is 13.2 Å². The summed E-state index contributed by atoms with van der Waals surface area (Å²) in [4.78, 5) is 37.0. The predicted octanol–water partition coefficient (Wildman–Crippen LogP) is 12.5. The van der Waals surface area contributed by atoms with E-state index < -0.39 is 12.1 Å². The van der Waals surface area contributed by atoms with Crippen LogP contribution in [0.5, 0.6) is 0 Å². The lowest BCUT2D eigenvalue weighted by Crippen LogP contribution is -2.33. The number of nitrogens with one attached hydrogen (secondary N) is 1. The number of unbranched alkanes of at least 4 members (excludes halogenated alkanes) is 19. The minimum Gasteiger partial charge on any atom is -0.462 e. The van der Waals surface area contributed by atoms with Crippen LogP contribution in [0.2, 0.25) is 0 Å². The molecule has 1 amide bonds. The molecule has 0 aromatic rings. The Hall–Kier alpha value is -2.31. The lowest BCUT2D eigenvalue weighted by molar-refractivity contribution is -0.152. The average Bonchev–Trinajstić information content (AvgIpc) is 3.10. The van der Waals surface area contributed by atoms with Crippen molar-refractivity contribution in [1.82, 2.24) is 5.32 Å². The van der Waals surface area contributed by atoms with Crippen LogP contribution in [0.4, 0.5) is 4.79 Å². The smallest absolute Gasteiger partial charge is 0.462 e. The van der Waals surface area contributed by atoms with E-state index in [-0.39, 0.29) is 31.0 Å². The Kier molecular flexibility index (Phi) is 36.2. The number of rotatable bonds is 36. The Labute approximate surface area is 308 Å². The molecule has 0 bridgehead atoms. The van der Waals surface area contributed by atoms with Gasteiger partial charge in [0, 0.05) is 12.5 Å². The summed E-state index contributed by atoms with van der Waals surface area (Å²) in [5, 5.41) is 2.78. The Morgan fingerprint density at radius 3 is 1.64 bits per heavy atom. The molecule has 1 N–H and O–H groups in total. The maximum atomic E-state index is 12.6. The molecule has 7 nitrogen and oxygen atoms in total. The van der Waals surface area contributed by atoms with E-state index in [1.165, 1.54) is 96.3 Å². The summed E-state index contributed by atoms with van der Waals surface area (Å²) in [5.74, 6) is -0.918. The average molecular weight is 706 g/mol. The van der Waals surface area contributed by atoms with Gasteiger partial charge < -0.3 is 19.5 Å². The first-order chi connectivity index (χ1) is 24.4. The molecule has 0 aliphatic rings. The van der Waals surface area contributed by atoms with Gasteiger partial charge in [0.1, 0.15) is 12.5 Å². The van der Waals surface area contributed by atoms with Crippen LogP contribution in [0.15, 0.2) is 24.3 Å². The van der Waals surface area contributed by atoms with Crippen molar-refractivity contribution in [2.24, 2.45) is 5.92 Å². The second-order valence-corrected chi connectivity index (χ2v) is 14.3. The van der Waals surface area contributed by atoms with Gasteiger partial charge >= 0.3 is 12.1 Å². The monoisotopic (exact) mass is 706 g/mol. The molecule has 0 radical (unpaired) electrons. The van der Waals surface area contributed by atoms with Crippen molar-refractivity contribution in [2.75, 3.05) is 19.8 Å². The molecule has 50 heavy (non-hydrogen) atoms. The number of carbonyl (C=O) groups is 3. The standard InChI is InChI=1S/C43H79NO6/c1-5-8-11-14-17-18-19-20-21-22-23-24-25-26-29-32-35-48-43(47)49-38-39(4)37-44-41(45)36-42(46)50-40(33-30-27-15-12-9-6-2)34-31-28-16-13-10-7-3/h17-18,20-21,39-40H,5-16,19,22-38H2,1-4H3,(H,44,45)/b18-17-,21-20-. The van der Waals surface area contributed by atoms with Gasteiger partial charge in [0.2, 0.25) is 5.91 Å². The van der Waals surface area contributed by atoms with Crippen molar-refractivity contribution in [3.63, 3.8) is 0 Å². The third kappa shape index (κ3) is 35.5. The van der Waals surface area contributed by atoms with Gasteiger partial charge in [0.25, 0.3) is 0 Å². The van der Waals surface area contributed by atoms with E-state index in [0.717, 1.165) is 70.6 Å². The molecule has 292 valence electrons. The summed E-state index contributed by atoms with van der Waals surface area (Å²) in [6, 6.07) is 0. The highest BCUT2D eigenvalue weighted by molar-refractivity contribution is 5.94. The van der Waals surface area contributed by atoms with Gasteiger partial charge in [-0.1, -0.05) is 155 Å². The van der Waals surface area contributed by atoms with Crippen molar-refractivity contribution >= 4 is 18.0 Å². The van der Waals surface area contributed by atoms with Crippen LogP contribution in [0, 0.1) is 5.92 Å². The zero-order valence-electron chi connectivity index (χ0n) is 33.1. The van der Waals surface area contributed by atoms with E-state index in [9.17, 15) is 14.4 Å². The maximum Gasteiger partial charge on any atom is 0.508 e. The first-order valence-electron chi connectivity index (χ1n) is 21.0. The predicted molar refractivity (Wildman–Crippen MR) is 209 cm³/mol. The first kappa shape index (κ1) is 47.7. The molecule has 0 saturated heterocycles. The fourth-order valence-electron chi connectivity index (χ4n) is 5.83. The summed E-state index contributed by atoms with van der Waals surface area (Å²) in [6.07, 6.45) is 38.2. The third-order valence-corrected chi connectivity index (χ3v) is 9.06. The molecule has 0 aliphatic heterocycles. The fourth-order valence-corrected chi connectivity index (χ4v) is 5.83. The summed E-state index contributed by atoms with van der Waals surface area (Å²) in [5.41, 5.74) is 0. The normalized spacial score (nSPS) is 12.2. The molecule has 0 spiro atoms. The third-order valence-electron chi connectivity index (χ3n) is 9.06. The number of ether oxygens (including phenoxy) is 3. The van der Waals surface area contributed by atoms with Crippen molar-refractivity contribution in [3.8, 4) is 0 Å². The molecule has 0 aliphatic carbocycles. The SMILES string of the molecule is CCCCC/C=C\C/C=C\CCCCCCCCOC(=O)OCC(C)CNC(=O)CC(=O)OC(CCCCCCCC)CCCCCCCC. The molecule has 0 aromatic heterocycles. The molecule has 0 rings (SSSR count). The highest BCUT2D eigenvalue weighted by atomic mass is 16.7. The number of allylic oxidation sites excluding steroid dienone is 4. The van der Waals surface area contributed by atoms with Crippen molar-refractivity contribution in [2.45, 2.75) is 207 Å². The van der Waals surface area contributed by atoms with E-state index in [2.05, 4.69) is 50.4 Å². The van der Waals surface area contributed by atoms with Crippen molar-refractivity contribution in [3.05, 3.63) is 24.3 Å². The van der Waals surface area contributed by atoms with E-state index >= 15 is 0 Å². The van der Waals surface area contributed by atoms with Crippen LogP contribution in [0.1, 0.15) is 201 Å². The van der Waals surface area contributed by atoms with Crippen LogP contribution >= 0.6 is 0 Å². The highest BCUT2D eigenvalue weighted by Crippen LogP contribution is 2.17. The number of carbonyl (C=O) groups excluding carboxylic acids is 3. The first-order valence-corrected chi connectivity index (χ1v) is 21.0. The molecule has 0 heterocycles. The number of amides is 1. The molecule has 1 unspecified atom stereocenters. The topological polar surface area (TPSA) is 90.9 Å². The van der Waals surface area contributed by atoms with Crippen LogP contribution < -0.4 is 5.32 Å². The molecule has 1 atom stereocenters. The van der Waals surface area contributed by atoms with Crippen molar-refractivity contribution < 1.29 is 28.6 Å². The van der Waals surface area contributed by atoms with Crippen LogP contribution in [-0.4, -0.2) is 43.9 Å². The summed E-state index contributed by atoms with van der Waals surface area (Å²) < 4.78 is 16.2.